The Morgan fingerprint density at radius 3 is 2.28 bits per heavy atom. The molecule has 2 rings (SSSR count). The van der Waals surface area contributed by atoms with Crippen LogP contribution in [0, 0.1) is 5.41 Å². The molecule has 0 saturated carbocycles. The lowest BCUT2D eigenvalue weighted by Gasteiger charge is -2.37. The Morgan fingerprint density at radius 2 is 1.78 bits per heavy atom. The Morgan fingerprint density at radius 1 is 1.22 bits per heavy atom. The zero-order chi connectivity index (χ0) is 13.2. The number of amides is 2. The first-order chi connectivity index (χ1) is 8.55. The lowest BCUT2D eigenvalue weighted by molar-refractivity contribution is -0.162. The van der Waals surface area contributed by atoms with Crippen LogP contribution in [0.15, 0.2) is 0 Å². The second-order valence-corrected chi connectivity index (χ2v) is 4.93. The molecule has 0 atom stereocenters. The van der Waals surface area contributed by atoms with E-state index in [4.69, 9.17) is 4.74 Å². The molecule has 0 aromatic carbocycles. The van der Waals surface area contributed by atoms with Crippen molar-refractivity contribution < 1.29 is 24.2 Å². The summed E-state index contributed by atoms with van der Waals surface area (Å²) in [6.07, 6.45) is 1.92. The van der Waals surface area contributed by atoms with E-state index in [2.05, 4.69) is 0 Å². The average molecular weight is 255 g/mol. The van der Waals surface area contributed by atoms with Crippen molar-refractivity contribution in [1.29, 1.82) is 0 Å². The van der Waals surface area contributed by atoms with E-state index >= 15 is 0 Å². The van der Waals surface area contributed by atoms with E-state index in [1.54, 1.807) is 0 Å². The zero-order valence-electron chi connectivity index (χ0n) is 10.2. The van der Waals surface area contributed by atoms with Crippen molar-refractivity contribution in [3.63, 3.8) is 0 Å². The van der Waals surface area contributed by atoms with Gasteiger partial charge >= 0.3 is 5.97 Å². The van der Waals surface area contributed by atoms with Crippen molar-refractivity contribution in [2.45, 2.75) is 32.1 Å². The molecular weight excluding hydrogens is 238 g/mol. The molecule has 2 aliphatic heterocycles. The number of carboxylic acid groups (broad SMARTS) is 1. The van der Waals surface area contributed by atoms with Gasteiger partial charge in [0, 0.05) is 32.6 Å². The fourth-order valence-electron chi connectivity index (χ4n) is 2.48. The molecule has 6 nitrogen and oxygen atoms in total. The van der Waals surface area contributed by atoms with Gasteiger partial charge in [0.1, 0.15) is 0 Å². The first-order valence-corrected chi connectivity index (χ1v) is 6.19. The lowest BCUT2D eigenvalue weighted by atomic mass is 9.79. The number of carbonyl (C=O) groups excluding carboxylic acids is 2. The maximum atomic E-state index is 11.7. The first kappa shape index (κ1) is 13.0. The molecular formula is C12H17NO5. The standard InChI is InChI=1S/C12H17NO5/c14-9-2-1-3-10(15)13(9)8-12(11(16)17)4-6-18-7-5-12/h1-8H2,(H,16,17). The number of hydrogen-bond acceptors (Lipinski definition) is 4. The fourth-order valence-corrected chi connectivity index (χ4v) is 2.48. The molecule has 100 valence electrons. The topological polar surface area (TPSA) is 83.9 Å². The van der Waals surface area contributed by atoms with Gasteiger partial charge in [-0.3, -0.25) is 19.3 Å². The molecule has 0 unspecified atom stereocenters. The van der Waals surface area contributed by atoms with Gasteiger partial charge in [-0.15, -0.1) is 0 Å². The number of hydrogen-bond donors (Lipinski definition) is 1. The van der Waals surface area contributed by atoms with E-state index in [1.165, 1.54) is 0 Å². The zero-order valence-corrected chi connectivity index (χ0v) is 10.2. The number of carbonyl (C=O) groups is 3. The summed E-state index contributed by atoms with van der Waals surface area (Å²) in [5, 5.41) is 9.39. The number of imide groups is 1. The van der Waals surface area contributed by atoms with Crippen molar-refractivity contribution in [1.82, 2.24) is 4.90 Å². The summed E-state index contributed by atoms with van der Waals surface area (Å²) in [6, 6.07) is 0. The van der Waals surface area contributed by atoms with Gasteiger partial charge in [-0.05, 0) is 19.3 Å². The van der Waals surface area contributed by atoms with E-state index in [0.29, 0.717) is 45.3 Å². The van der Waals surface area contributed by atoms with Crippen molar-refractivity contribution in [2.24, 2.45) is 5.41 Å². The molecule has 0 radical (unpaired) electrons. The van der Waals surface area contributed by atoms with Crippen LogP contribution in [-0.2, 0) is 19.1 Å². The summed E-state index contributed by atoms with van der Waals surface area (Å²) in [4.78, 5) is 36.0. The van der Waals surface area contributed by atoms with Gasteiger partial charge in [-0.1, -0.05) is 0 Å². The molecule has 18 heavy (non-hydrogen) atoms. The smallest absolute Gasteiger partial charge is 0.311 e. The fraction of sp³-hybridized carbons (Fsp3) is 0.750. The van der Waals surface area contributed by atoms with E-state index in [-0.39, 0.29) is 18.4 Å². The summed E-state index contributed by atoms with van der Waals surface area (Å²) in [5.74, 6) is -1.45. The van der Waals surface area contributed by atoms with E-state index in [1.807, 2.05) is 0 Å². The molecule has 0 aromatic rings. The lowest BCUT2D eigenvalue weighted by Crippen LogP contribution is -2.51. The van der Waals surface area contributed by atoms with Crippen molar-refractivity contribution in [3.8, 4) is 0 Å². The van der Waals surface area contributed by atoms with Crippen LogP contribution in [0.25, 0.3) is 0 Å². The highest BCUT2D eigenvalue weighted by Crippen LogP contribution is 2.33. The number of piperidine rings is 1. The predicted molar refractivity (Wildman–Crippen MR) is 60.7 cm³/mol. The van der Waals surface area contributed by atoms with E-state index < -0.39 is 11.4 Å². The minimum absolute atomic E-state index is 0.0106. The highest BCUT2D eigenvalue weighted by Gasteiger charge is 2.44. The Labute approximate surface area is 105 Å². The number of likely N-dealkylation sites (tertiary alicyclic amines) is 1. The maximum absolute atomic E-state index is 11.7. The van der Waals surface area contributed by atoms with Crippen LogP contribution in [0.1, 0.15) is 32.1 Å². The minimum Gasteiger partial charge on any atom is -0.481 e. The molecule has 2 amide bonds. The highest BCUT2D eigenvalue weighted by molar-refractivity contribution is 5.98. The summed E-state index contributed by atoms with van der Waals surface area (Å²) in [7, 11) is 0. The van der Waals surface area contributed by atoms with Gasteiger partial charge in [0.05, 0.1) is 5.41 Å². The van der Waals surface area contributed by atoms with Gasteiger partial charge in [0.25, 0.3) is 0 Å². The molecule has 2 fully saturated rings. The van der Waals surface area contributed by atoms with Gasteiger partial charge < -0.3 is 9.84 Å². The Kier molecular flexibility index (Phi) is 3.65. The van der Waals surface area contributed by atoms with Crippen molar-refractivity contribution >= 4 is 17.8 Å². The number of aliphatic carboxylic acids is 1. The second kappa shape index (κ2) is 5.06. The third kappa shape index (κ3) is 2.38. The van der Waals surface area contributed by atoms with Crippen LogP contribution < -0.4 is 0 Å². The molecule has 2 heterocycles. The third-order valence-corrected chi connectivity index (χ3v) is 3.75. The van der Waals surface area contributed by atoms with Crippen LogP contribution in [0.5, 0.6) is 0 Å². The third-order valence-electron chi connectivity index (χ3n) is 3.75. The number of carboxylic acids is 1. The van der Waals surface area contributed by atoms with Crippen molar-refractivity contribution in [3.05, 3.63) is 0 Å². The monoisotopic (exact) mass is 255 g/mol. The summed E-state index contributed by atoms with van der Waals surface area (Å²) < 4.78 is 5.17. The normalized spacial score (nSPS) is 24.1. The van der Waals surface area contributed by atoms with Crippen molar-refractivity contribution in [2.75, 3.05) is 19.8 Å². The summed E-state index contributed by atoms with van der Waals surface area (Å²) in [5.41, 5.74) is -1.03. The molecule has 0 bridgehead atoms. The highest BCUT2D eigenvalue weighted by atomic mass is 16.5. The SMILES string of the molecule is O=C1CCCC(=O)N1CC1(C(=O)O)CCOCC1. The summed E-state index contributed by atoms with van der Waals surface area (Å²) >= 11 is 0. The van der Waals surface area contributed by atoms with Gasteiger partial charge in [0.2, 0.25) is 11.8 Å². The van der Waals surface area contributed by atoms with Crippen LogP contribution in [-0.4, -0.2) is 47.5 Å². The predicted octanol–water partition coefficient (Wildman–Crippen LogP) is 0.407. The number of nitrogens with zero attached hydrogens (tertiary/aromatic N) is 1. The first-order valence-electron chi connectivity index (χ1n) is 6.19. The second-order valence-electron chi connectivity index (χ2n) is 4.93. The molecule has 1 N–H and O–H groups in total. The average Bonchev–Trinajstić information content (AvgIpc) is 2.35. The Hall–Kier alpha value is -1.43. The molecule has 0 spiro atoms. The van der Waals surface area contributed by atoms with Gasteiger partial charge in [-0.25, -0.2) is 0 Å². The number of rotatable bonds is 3. The van der Waals surface area contributed by atoms with E-state index in [0.717, 1.165) is 4.90 Å². The molecule has 0 aromatic heterocycles. The molecule has 6 heteroatoms. The quantitative estimate of drug-likeness (QED) is 0.738. The van der Waals surface area contributed by atoms with Gasteiger partial charge in [-0.2, -0.15) is 0 Å². The maximum Gasteiger partial charge on any atom is 0.311 e. The minimum atomic E-state index is -1.03. The molecule has 2 saturated heterocycles. The van der Waals surface area contributed by atoms with E-state index in [9.17, 15) is 19.5 Å². The van der Waals surface area contributed by atoms with Crippen LogP contribution in [0.2, 0.25) is 0 Å². The van der Waals surface area contributed by atoms with Gasteiger partial charge in [0.15, 0.2) is 0 Å². The van der Waals surface area contributed by atoms with Crippen LogP contribution >= 0.6 is 0 Å². The van der Waals surface area contributed by atoms with Crippen LogP contribution in [0.4, 0.5) is 0 Å². The largest absolute Gasteiger partial charge is 0.481 e. The molecule has 0 aliphatic carbocycles. The molecule has 2 aliphatic rings. The van der Waals surface area contributed by atoms with Crippen LogP contribution in [0.3, 0.4) is 0 Å². The Balaban J connectivity index is 2.15. The number of ether oxygens (including phenoxy) is 1. The Bertz CT molecular complexity index is 357. The summed E-state index contributed by atoms with van der Waals surface area (Å²) in [6.45, 7) is 0.717.